The van der Waals surface area contributed by atoms with E-state index >= 15 is 0 Å². The molecule has 0 aliphatic carbocycles. The van der Waals surface area contributed by atoms with Crippen LogP contribution >= 0.6 is 11.8 Å². The standard InChI is InChI=1S/C16H24N2O3S2/c1-13(2)17-16(19)15(9-11-22-3)18-23(20,21)12-10-14-7-5-4-6-8-14/h4-8,10,12-13,15,18H,9,11H2,1-3H3,(H,17,19)/b12-10+. The zero-order valence-corrected chi connectivity index (χ0v) is 15.3. The van der Waals surface area contributed by atoms with E-state index in [1.807, 2.05) is 50.4 Å². The summed E-state index contributed by atoms with van der Waals surface area (Å²) in [5.41, 5.74) is 0.783. The molecule has 0 saturated heterocycles. The van der Waals surface area contributed by atoms with Crippen LogP contribution in [0.25, 0.3) is 6.08 Å². The summed E-state index contributed by atoms with van der Waals surface area (Å²) >= 11 is 1.57. The summed E-state index contributed by atoms with van der Waals surface area (Å²) in [6.45, 7) is 3.68. The van der Waals surface area contributed by atoms with E-state index in [2.05, 4.69) is 10.0 Å². The van der Waals surface area contributed by atoms with Crippen LogP contribution in [0.1, 0.15) is 25.8 Å². The van der Waals surface area contributed by atoms with Crippen molar-refractivity contribution in [3.05, 3.63) is 41.3 Å². The molecule has 5 nitrogen and oxygen atoms in total. The van der Waals surface area contributed by atoms with Gasteiger partial charge in [0.1, 0.15) is 6.04 Å². The van der Waals surface area contributed by atoms with E-state index in [4.69, 9.17) is 0 Å². The summed E-state index contributed by atoms with van der Waals surface area (Å²) in [5.74, 6) is 0.395. The second-order valence-corrected chi connectivity index (χ2v) is 7.96. The van der Waals surface area contributed by atoms with Crippen LogP contribution in [0.15, 0.2) is 35.7 Å². The van der Waals surface area contributed by atoms with Crippen LogP contribution in [0.3, 0.4) is 0 Å². The highest BCUT2D eigenvalue weighted by atomic mass is 32.2. The van der Waals surface area contributed by atoms with Crippen LogP contribution in [0.5, 0.6) is 0 Å². The van der Waals surface area contributed by atoms with E-state index in [0.717, 1.165) is 11.0 Å². The van der Waals surface area contributed by atoms with Gasteiger partial charge in [0.2, 0.25) is 15.9 Å². The first-order valence-electron chi connectivity index (χ1n) is 7.39. The lowest BCUT2D eigenvalue weighted by Crippen LogP contribution is -2.48. The topological polar surface area (TPSA) is 75.3 Å². The van der Waals surface area contributed by atoms with E-state index in [0.29, 0.717) is 12.2 Å². The first-order chi connectivity index (χ1) is 10.8. The van der Waals surface area contributed by atoms with Gasteiger partial charge < -0.3 is 5.32 Å². The number of carbonyl (C=O) groups excluding carboxylic acids is 1. The third-order valence-electron chi connectivity index (χ3n) is 2.90. The number of nitrogens with one attached hydrogen (secondary N) is 2. The van der Waals surface area contributed by atoms with Crippen LogP contribution in [-0.4, -0.2) is 38.4 Å². The Morgan fingerprint density at radius 1 is 1.26 bits per heavy atom. The SMILES string of the molecule is CSCCC(NS(=O)(=O)/C=C/c1ccccc1)C(=O)NC(C)C. The molecular weight excluding hydrogens is 332 g/mol. The summed E-state index contributed by atoms with van der Waals surface area (Å²) in [5, 5.41) is 3.84. The Balaban J connectivity index is 2.79. The summed E-state index contributed by atoms with van der Waals surface area (Å²) in [6.07, 6.45) is 3.87. The van der Waals surface area contributed by atoms with Crippen LogP contribution in [-0.2, 0) is 14.8 Å². The molecule has 0 aliphatic heterocycles. The quantitative estimate of drug-likeness (QED) is 0.711. The maximum Gasteiger partial charge on any atom is 0.238 e. The number of rotatable bonds is 9. The summed E-state index contributed by atoms with van der Waals surface area (Å²) in [6, 6.07) is 8.33. The van der Waals surface area contributed by atoms with Gasteiger partial charge in [-0.2, -0.15) is 16.5 Å². The van der Waals surface area contributed by atoms with Gasteiger partial charge in [-0.05, 0) is 43.9 Å². The van der Waals surface area contributed by atoms with E-state index in [-0.39, 0.29) is 11.9 Å². The minimum absolute atomic E-state index is 0.0383. The number of thioether (sulfide) groups is 1. The van der Waals surface area contributed by atoms with Crippen molar-refractivity contribution in [2.75, 3.05) is 12.0 Å². The lowest BCUT2D eigenvalue weighted by Gasteiger charge is -2.18. The number of sulfonamides is 1. The monoisotopic (exact) mass is 356 g/mol. The minimum Gasteiger partial charge on any atom is -0.353 e. The van der Waals surface area contributed by atoms with Gasteiger partial charge in [0.15, 0.2) is 0 Å². The molecule has 23 heavy (non-hydrogen) atoms. The molecule has 1 aromatic rings. The Hall–Kier alpha value is -1.31. The first-order valence-corrected chi connectivity index (χ1v) is 10.3. The number of hydrogen-bond donors (Lipinski definition) is 2. The molecule has 1 unspecified atom stereocenters. The van der Waals surface area contributed by atoms with Crippen LogP contribution in [0.2, 0.25) is 0 Å². The molecule has 0 aliphatic rings. The van der Waals surface area contributed by atoms with Gasteiger partial charge in [-0.25, -0.2) is 8.42 Å². The van der Waals surface area contributed by atoms with Gasteiger partial charge >= 0.3 is 0 Å². The summed E-state index contributed by atoms with van der Waals surface area (Å²) in [7, 11) is -3.69. The maximum absolute atomic E-state index is 12.2. The van der Waals surface area contributed by atoms with Crippen molar-refractivity contribution in [3.63, 3.8) is 0 Å². The normalized spacial score (nSPS) is 13.4. The van der Waals surface area contributed by atoms with E-state index in [1.54, 1.807) is 11.8 Å². The van der Waals surface area contributed by atoms with Gasteiger partial charge in [-0.3, -0.25) is 4.79 Å². The van der Waals surface area contributed by atoms with Gasteiger partial charge in [-0.15, -0.1) is 0 Å². The van der Waals surface area contributed by atoms with E-state index in [1.165, 1.54) is 6.08 Å². The number of amides is 1. The molecule has 1 amide bonds. The average molecular weight is 357 g/mol. The molecule has 0 radical (unpaired) electrons. The molecule has 0 bridgehead atoms. The number of benzene rings is 1. The Labute approximate surface area is 143 Å². The molecule has 0 fully saturated rings. The molecule has 0 heterocycles. The average Bonchev–Trinajstić information content (AvgIpc) is 2.50. The Morgan fingerprint density at radius 2 is 1.91 bits per heavy atom. The zero-order valence-electron chi connectivity index (χ0n) is 13.7. The summed E-state index contributed by atoms with van der Waals surface area (Å²) < 4.78 is 26.8. The van der Waals surface area contributed by atoms with Crippen molar-refractivity contribution < 1.29 is 13.2 Å². The van der Waals surface area contributed by atoms with E-state index < -0.39 is 16.1 Å². The second-order valence-electron chi connectivity index (χ2n) is 5.37. The number of carbonyl (C=O) groups is 1. The fourth-order valence-electron chi connectivity index (χ4n) is 1.83. The molecule has 2 N–H and O–H groups in total. The molecule has 7 heteroatoms. The first kappa shape index (κ1) is 19.7. The van der Waals surface area contributed by atoms with Crippen LogP contribution < -0.4 is 10.0 Å². The third-order valence-corrected chi connectivity index (χ3v) is 4.66. The van der Waals surface area contributed by atoms with Gasteiger partial charge in [0.25, 0.3) is 0 Å². The highest BCUT2D eigenvalue weighted by molar-refractivity contribution is 7.98. The predicted molar refractivity (Wildman–Crippen MR) is 97.6 cm³/mol. The molecule has 0 aromatic heterocycles. The molecule has 1 aromatic carbocycles. The highest BCUT2D eigenvalue weighted by Crippen LogP contribution is 2.06. The number of hydrogen-bond acceptors (Lipinski definition) is 4. The Morgan fingerprint density at radius 3 is 2.48 bits per heavy atom. The second kappa shape index (κ2) is 9.75. The van der Waals surface area contributed by atoms with Crippen molar-refractivity contribution in [1.82, 2.24) is 10.0 Å². The van der Waals surface area contributed by atoms with Crippen molar-refractivity contribution in [3.8, 4) is 0 Å². The Kier molecular flexibility index (Phi) is 8.36. The van der Waals surface area contributed by atoms with Gasteiger partial charge in [-0.1, -0.05) is 30.3 Å². The maximum atomic E-state index is 12.2. The van der Waals surface area contributed by atoms with Crippen molar-refractivity contribution in [1.29, 1.82) is 0 Å². The van der Waals surface area contributed by atoms with Crippen LogP contribution in [0.4, 0.5) is 0 Å². The van der Waals surface area contributed by atoms with Crippen molar-refractivity contribution in [2.24, 2.45) is 0 Å². The predicted octanol–water partition coefficient (Wildman–Crippen LogP) is 2.22. The van der Waals surface area contributed by atoms with Crippen molar-refractivity contribution in [2.45, 2.75) is 32.4 Å². The third kappa shape index (κ3) is 8.20. The zero-order chi connectivity index (χ0) is 17.3. The van der Waals surface area contributed by atoms with Crippen molar-refractivity contribution >= 4 is 33.8 Å². The van der Waals surface area contributed by atoms with Gasteiger partial charge in [0.05, 0.1) is 0 Å². The molecule has 1 atom stereocenters. The highest BCUT2D eigenvalue weighted by Gasteiger charge is 2.23. The van der Waals surface area contributed by atoms with E-state index in [9.17, 15) is 13.2 Å². The molecule has 0 spiro atoms. The lowest BCUT2D eigenvalue weighted by atomic mass is 10.2. The molecular formula is C16H24N2O3S2. The largest absolute Gasteiger partial charge is 0.353 e. The Bertz CT molecular complexity index is 613. The fraction of sp³-hybridized carbons (Fsp3) is 0.438. The fourth-order valence-corrected chi connectivity index (χ4v) is 3.34. The molecule has 1 rings (SSSR count). The smallest absolute Gasteiger partial charge is 0.238 e. The minimum atomic E-state index is -3.69. The van der Waals surface area contributed by atoms with Crippen LogP contribution in [0, 0.1) is 0 Å². The molecule has 0 saturated carbocycles. The summed E-state index contributed by atoms with van der Waals surface area (Å²) in [4.78, 5) is 12.1. The molecule has 128 valence electrons. The van der Waals surface area contributed by atoms with Gasteiger partial charge in [0, 0.05) is 11.4 Å². The lowest BCUT2D eigenvalue weighted by molar-refractivity contribution is -0.123.